The first-order valence-electron chi connectivity index (χ1n) is 6.66. The van der Waals surface area contributed by atoms with Crippen molar-refractivity contribution in [2.45, 2.75) is 64.0 Å². The van der Waals surface area contributed by atoms with Gasteiger partial charge < -0.3 is 15.8 Å². The van der Waals surface area contributed by atoms with Crippen LogP contribution in [0.4, 0.5) is 0 Å². The van der Waals surface area contributed by atoms with E-state index in [0.717, 1.165) is 32.3 Å². The molecule has 0 aromatic rings. The molecule has 0 aliphatic carbocycles. The summed E-state index contributed by atoms with van der Waals surface area (Å²) < 4.78 is 5.61. The van der Waals surface area contributed by atoms with Crippen LogP contribution in [0.2, 0.25) is 0 Å². The first kappa shape index (κ1) is 14.5. The molecule has 1 heterocycles. The molecule has 0 aromatic heterocycles. The normalized spacial score (nSPS) is 21.2. The molecule has 4 heteroatoms. The molecular weight excluding hydrogens is 216 g/mol. The number of hydrogen-bond acceptors (Lipinski definition) is 3. The van der Waals surface area contributed by atoms with Gasteiger partial charge in [-0.05, 0) is 52.5 Å². The predicted molar refractivity (Wildman–Crippen MR) is 68.7 cm³/mol. The maximum atomic E-state index is 11.8. The summed E-state index contributed by atoms with van der Waals surface area (Å²) in [5.74, 6) is 0.109. The lowest BCUT2D eigenvalue weighted by atomic mass is 9.99. The van der Waals surface area contributed by atoms with Gasteiger partial charge in [0.2, 0.25) is 5.91 Å². The first-order valence-corrected chi connectivity index (χ1v) is 6.66. The summed E-state index contributed by atoms with van der Waals surface area (Å²) >= 11 is 0. The Hall–Kier alpha value is -0.610. The molecule has 100 valence electrons. The molecule has 1 saturated heterocycles. The second-order valence-corrected chi connectivity index (χ2v) is 5.50. The van der Waals surface area contributed by atoms with E-state index < -0.39 is 0 Å². The number of amides is 1. The second-order valence-electron chi connectivity index (χ2n) is 5.50. The van der Waals surface area contributed by atoms with Gasteiger partial charge in [0, 0.05) is 18.6 Å². The quantitative estimate of drug-likeness (QED) is 0.743. The third-order valence-corrected chi connectivity index (χ3v) is 3.21. The number of hydrogen-bond donors (Lipinski definition) is 2. The standard InChI is InChI=1S/C13H26N2O2/c1-13(2,8-9-14)15-12(16)7-6-11-5-3-4-10-17-11/h11H,3-10,14H2,1-2H3,(H,15,16). The monoisotopic (exact) mass is 242 g/mol. The number of nitrogens with one attached hydrogen (secondary N) is 1. The van der Waals surface area contributed by atoms with E-state index >= 15 is 0 Å². The van der Waals surface area contributed by atoms with E-state index in [2.05, 4.69) is 5.32 Å². The molecule has 1 amide bonds. The Labute approximate surface area is 104 Å². The van der Waals surface area contributed by atoms with Crippen LogP contribution in [0.1, 0.15) is 52.4 Å². The Balaban J connectivity index is 2.20. The number of ether oxygens (including phenoxy) is 1. The maximum Gasteiger partial charge on any atom is 0.220 e. The molecule has 1 unspecified atom stereocenters. The highest BCUT2D eigenvalue weighted by atomic mass is 16.5. The Kier molecular flexibility index (Phi) is 5.92. The Morgan fingerprint density at radius 1 is 1.47 bits per heavy atom. The predicted octanol–water partition coefficient (Wildman–Crippen LogP) is 1.58. The van der Waals surface area contributed by atoms with E-state index in [1.165, 1.54) is 6.42 Å². The molecule has 0 aromatic carbocycles. The van der Waals surface area contributed by atoms with Crippen molar-refractivity contribution in [3.05, 3.63) is 0 Å². The molecule has 1 rings (SSSR count). The zero-order chi connectivity index (χ0) is 12.7. The van der Waals surface area contributed by atoms with Crippen molar-refractivity contribution in [2.24, 2.45) is 5.73 Å². The topological polar surface area (TPSA) is 64.3 Å². The van der Waals surface area contributed by atoms with Gasteiger partial charge in [-0.2, -0.15) is 0 Å². The van der Waals surface area contributed by atoms with Crippen molar-refractivity contribution < 1.29 is 9.53 Å². The number of rotatable bonds is 6. The molecule has 3 N–H and O–H groups in total. The molecular formula is C13H26N2O2. The van der Waals surface area contributed by atoms with E-state index in [0.29, 0.717) is 13.0 Å². The molecule has 1 aliphatic rings. The van der Waals surface area contributed by atoms with Gasteiger partial charge in [0.25, 0.3) is 0 Å². The van der Waals surface area contributed by atoms with E-state index in [1.807, 2.05) is 13.8 Å². The van der Waals surface area contributed by atoms with Crippen molar-refractivity contribution in [3.8, 4) is 0 Å². The molecule has 1 atom stereocenters. The van der Waals surface area contributed by atoms with E-state index in [-0.39, 0.29) is 17.6 Å². The third kappa shape index (κ3) is 6.03. The lowest BCUT2D eigenvalue weighted by molar-refractivity contribution is -0.123. The summed E-state index contributed by atoms with van der Waals surface area (Å²) in [7, 11) is 0. The first-order chi connectivity index (χ1) is 8.03. The van der Waals surface area contributed by atoms with Gasteiger partial charge in [-0.3, -0.25) is 4.79 Å². The van der Waals surface area contributed by atoms with Crippen LogP contribution in [0.25, 0.3) is 0 Å². The zero-order valence-electron chi connectivity index (χ0n) is 11.1. The number of carbonyl (C=O) groups excluding carboxylic acids is 1. The van der Waals surface area contributed by atoms with Gasteiger partial charge in [-0.15, -0.1) is 0 Å². The average Bonchev–Trinajstić information content (AvgIpc) is 2.27. The van der Waals surface area contributed by atoms with Crippen LogP contribution >= 0.6 is 0 Å². The highest BCUT2D eigenvalue weighted by Gasteiger charge is 2.20. The van der Waals surface area contributed by atoms with Gasteiger partial charge in [0.1, 0.15) is 0 Å². The summed E-state index contributed by atoms with van der Waals surface area (Å²) in [4.78, 5) is 11.8. The van der Waals surface area contributed by atoms with Crippen LogP contribution in [-0.2, 0) is 9.53 Å². The molecule has 4 nitrogen and oxygen atoms in total. The van der Waals surface area contributed by atoms with Gasteiger partial charge in [0.15, 0.2) is 0 Å². The highest BCUT2D eigenvalue weighted by molar-refractivity contribution is 5.76. The van der Waals surface area contributed by atoms with Crippen molar-refractivity contribution in [3.63, 3.8) is 0 Å². The fraction of sp³-hybridized carbons (Fsp3) is 0.923. The van der Waals surface area contributed by atoms with Gasteiger partial charge in [-0.1, -0.05) is 0 Å². The molecule has 0 bridgehead atoms. The summed E-state index contributed by atoms with van der Waals surface area (Å²) in [6, 6.07) is 0. The molecule has 1 fully saturated rings. The van der Waals surface area contributed by atoms with Crippen molar-refractivity contribution in [1.29, 1.82) is 0 Å². The second kappa shape index (κ2) is 6.97. The highest BCUT2D eigenvalue weighted by Crippen LogP contribution is 2.17. The molecule has 17 heavy (non-hydrogen) atoms. The number of carbonyl (C=O) groups is 1. The van der Waals surface area contributed by atoms with Crippen LogP contribution in [0.15, 0.2) is 0 Å². The van der Waals surface area contributed by atoms with Gasteiger partial charge in [-0.25, -0.2) is 0 Å². The number of nitrogens with two attached hydrogens (primary N) is 1. The van der Waals surface area contributed by atoms with Crippen LogP contribution in [0, 0.1) is 0 Å². The minimum Gasteiger partial charge on any atom is -0.378 e. The third-order valence-electron chi connectivity index (χ3n) is 3.21. The maximum absolute atomic E-state index is 11.8. The van der Waals surface area contributed by atoms with E-state index in [9.17, 15) is 4.79 Å². The molecule has 1 aliphatic heterocycles. The largest absolute Gasteiger partial charge is 0.378 e. The fourth-order valence-corrected chi connectivity index (χ4v) is 2.19. The van der Waals surface area contributed by atoms with Crippen LogP contribution in [0.5, 0.6) is 0 Å². The summed E-state index contributed by atoms with van der Waals surface area (Å²) in [6.45, 7) is 5.47. The van der Waals surface area contributed by atoms with Crippen LogP contribution in [-0.4, -0.2) is 30.7 Å². The van der Waals surface area contributed by atoms with E-state index in [1.54, 1.807) is 0 Å². The van der Waals surface area contributed by atoms with Crippen molar-refractivity contribution in [1.82, 2.24) is 5.32 Å². The molecule has 0 spiro atoms. The lowest BCUT2D eigenvalue weighted by Gasteiger charge is -2.27. The van der Waals surface area contributed by atoms with Gasteiger partial charge >= 0.3 is 0 Å². The van der Waals surface area contributed by atoms with Crippen LogP contribution < -0.4 is 11.1 Å². The average molecular weight is 242 g/mol. The SMILES string of the molecule is CC(C)(CCN)NC(=O)CCC1CCCCO1. The van der Waals surface area contributed by atoms with Crippen LogP contribution in [0.3, 0.4) is 0 Å². The lowest BCUT2D eigenvalue weighted by Crippen LogP contribution is -2.44. The smallest absolute Gasteiger partial charge is 0.220 e. The minimum atomic E-state index is -0.195. The van der Waals surface area contributed by atoms with Gasteiger partial charge in [0.05, 0.1) is 6.10 Å². The van der Waals surface area contributed by atoms with E-state index in [4.69, 9.17) is 10.5 Å². The molecule has 0 saturated carbocycles. The summed E-state index contributed by atoms with van der Waals surface area (Å²) in [5, 5.41) is 3.02. The fourth-order valence-electron chi connectivity index (χ4n) is 2.19. The Bertz CT molecular complexity index is 236. The van der Waals surface area contributed by atoms with Crippen molar-refractivity contribution in [2.75, 3.05) is 13.2 Å². The molecule has 0 radical (unpaired) electrons. The Morgan fingerprint density at radius 3 is 2.82 bits per heavy atom. The summed E-state index contributed by atoms with van der Waals surface area (Å²) in [6.07, 6.45) is 5.96. The Morgan fingerprint density at radius 2 is 2.24 bits per heavy atom. The summed E-state index contributed by atoms with van der Waals surface area (Å²) in [5.41, 5.74) is 5.31. The zero-order valence-corrected chi connectivity index (χ0v) is 11.1. The minimum absolute atomic E-state index is 0.109. The van der Waals surface area contributed by atoms with Crippen molar-refractivity contribution >= 4 is 5.91 Å².